The highest BCUT2D eigenvalue weighted by molar-refractivity contribution is 7.16. The van der Waals surface area contributed by atoms with Crippen LogP contribution in [0.5, 0.6) is 0 Å². The summed E-state index contributed by atoms with van der Waals surface area (Å²) in [4.78, 5) is 14.7. The molecule has 6 heteroatoms. The van der Waals surface area contributed by atoms with Crippen LogP contribution in [0.2, 0.25) is 0 Å². The molecule has 0 aliphatic heterocycles. The number of hydrogen-bond acceptors (Lipinski definition) is 5. The van der Waals surface area contributed by atoms with Crippen molar-refractivity contribution in [1.82, 2.24) is 19.5 Å². The molecule has 3 heterocycles. The van der Waals surface area contributed by atoms with Crippen molar-refractivity contribution >= 4 is 27.4 Å². The Morgan fingerprint density at radius 2 is 2.20 bits per heavy atom. The van der Waals surface area contributed by atoms with Crippen molar-refractivity contribution in [2.24, 2.45) is 0 Å². The number of anilines is 1. The minimum absolute atomic E-state index is 0.662. The lowest BCUT2D eigenvalue weighted by Crippen LogP contribution is -2.09. The molecule has 0 fully saturated rings. The second-order valence-corrected chi connectivity index (χ2v) is 5.38. The van der Waals surface area contributed by atoms with Crippen molar-refractivity contribution in [3.63, 3.8) is 0 Å². The average molecular weight is 287 g/mol. The molecule has 0 aromatic carbocycles. The van der Waals surface area contributed by atoms with Gasteiger partial charge in [0.15, 0.2) is 5.82 Å². The van der Waals surface area contributed by atoms with E-state index in [1.54, 1.807) is 11.3 Å². The third kappa shape index (κ3) is 2.38. The molecular weight excluding hydrogens is 270 g/mol. The monoisotopic (exact) mass is 287 g/mol. The van der Waals surface area contributed by atoms with E-state index in [0.29, 0.717) is 6.54 Å². The first-order chi connectivity index (χ1) is 9.81. The number of nitrogens with zero attached hydrogens (tertiary/aromatic N) is 4. The highest BCUT2D eigenvalue weighted by atomic mass is 32.1. The van der Waals surface area contributed by atoms with Crippen LogP contribution >= 0.6 is 11.3 Å². The van der Waals surface area contributed by atoms with E-state index in [2.05, 4.69) is 50.1 Å². The highest BCUT2D eigenvalue weighted by Crippen LogP contribution is 2.25. The summed E-state index contributed by atoms with van der Waals surface area (Å²) in [5, 5.41) is 6.47. The van der Waals surface area contributed by atoms with Gasteiger partial charge in [0.25, 0.3) is 0 Å². The Kier molecular flexibility index (Phi) is 3.64. The molecule has 0 saturated heterocycles. The van der Waals surface area contributed by atoms with Crippen molar-refractivity contribution < 1.29 is 0 Å². The Morgan fingerprint density at radius 3 is 3.00 bits per heavy atom. The lowest BCUT2D eigenvalue weighted by Gasteiger charge is -2.09. The van der Waals surface area contributed by atoms with E-state index in [1.165, 1.54) is 0 Å². The highest BCUT2D eigenvalue weighted by Gasteiger charge is 2.10. The van der Waals surface area contributed by atoms with Crippen LogP contribution in [0.1, 0.15) is 25.5 Å². The van der Waals surface area contributed by atoms with Crippen molar-refractivity contribution in [3.05, 3.63) is 35.5 Å². The summed E-state index contributed by atoms with van der Waals surface area (Å²) >= 11 is 1.65. The molecule has 0 bridgehead atoms. The number of nitrogens with one attached hydrogen (secondary N) is 1. The number of aryl methyl sites for hydroxylation is 1. The van der Waals surface area contributed by atoms with Crippen LogP contribution in [0.15, 0.2) is 23.8 Å². The van der Waals surface area contributed by atoms with Crippen LogP contribution in [-0.4, -0.2) is 26.1 Å². The molecular formula is C14H17N5S. The molecule has 0 saturated carbocycles. The molecule has 0 aliphatic carbocycles. The maximum atomic E-state index is 4.65. The first-order valence-electron chi connectivity index (χ1n) is 6.79. The summed E-state index contributed by atoms with van der Waals surface area (Å²) in [5.41, 5.74) is 0. The molecule has 0 atom stereocenters. The van der Waals surface area contributed by atoms with Crippen molar-refractivity contribution in [2.75, 3.05) is 11.9 Å². The van der Waals surface area contributed by atoms with Gasteiger partial charge in [-0.3, -0.25) is 0 Å². The molecule has 0 unspecified atom stereocenters. The van der Waals surface area contributed by atoms with Crippen molar-refractivity contribution in [3.8, 4) is 0 Å². The van der Waals surface area contributed by atoms with Gasteiger partial charge >= 0.3 is 0 Å². The van der Waals surface area contributed by atoms with E-state index < -0.39 is 0 Å². The molecule has 3 rings (SSSR count). The Balaban J connectivity index is 1.99. The van der Waals surface area contributed by atoms with Crippen LogP contribution in [0.3, 0.4) is 0 Å². The summed E-state index contributed by atoms with van der Waals surface area (Å²) in [5.74, 6) is 2.81. The van der Waals surface area contributed by atoms with Gasteiger partial charge in [-0.15, -0.1) is 11.3 Å². The zero-order chi connectivity index (χ0) is 13.9. The fraction of sp³-hybridized carbons (Fsp3) is 0.357. The van der Waals surface area contributed by atoms with Gasteiger partial charge in [-0.25, -0.2) is 15.0 Å². The molecule has 0 amide bonds. The lowest BCUT2D eigenvalue weighted by molar-refractivity contribution is 0.701. The summed E-state index contributed by atoms with van der Waals surface area (Å²) in [7, 11) is 0. The zero-order valence-corrected chi connectivity index (χ0v) is 12.4. The van der Waals surface area contributed by atoms with E-state index in [9.17, 15) is 0 Å². The zero-order valence-electron chi connectivity index (χ0n) is 11.6. The van der Waals surface area contributed by atoms with Gasteiger partial charge in [0.1, 0.15) is 16.5 Å². The average Bonchev–Trinajstić information content (AvgIpc) is 3.07. The molecule has 3 aromatic rings. The third-order valence-corrected chi connectivity index (χ3v) is 3.95. The number of rotatable bonds is 5. The van der Waals surface area contributed by atoms with Gasteiger partial charge < -0.3 is 9.88 Å². The third-order valence-electron chi connectivity index (χ3n) is 3.15. The van der Waals surface area contributed by atoms with Crippen LogP contribution in [0, 0.1) is 0 Å². The van der Waals surface area contributed by atoms with Gasteiger partial charge in [0.05, 0.1) is 11.9 Å². The summed E-state index contributed by atoms with van der Waals surface area (Å²) in [6, 6.07) is 2.07. The largest absolute Gasteiger partial charge is 0.370 e. The van der Waals surface area contributed by atoms with Crippen LogP contribution in [0.25, 0.3) is 10.2 Å². The smallest absolute Gasteiger partial charge is 0.152 e. The fourth-order valence-corrected chi connectivity index (χ4v) is 3.01. The summed E-state index contributed by atoms with van der Waals surface area (Å²) in [6.07, 6.45) is 4.72. The summed E-state index contributed by atoms with van der Waals surface area (Å²) < 4.78 is 2.10. The van der Waals surface area contributed by atoms with Crippen molar-refractivity contribution in [2.45, 2.75) is 26.8 Å². The minimum atomic E-state index is 0.662. The maximum Gasteiger partial charge on any atom is 0.152 e. The number of fused-ring (bicyclic) bond motifs is 1. The minimum Gasteiger partial charge on any atom is -0.370 e. The molecule has 3 aromatic heterocycles. The topological polar surface area (TPSA) is 55.6 Å². The van der Waals surface area contributed by atoms with E-state index >= 15 is 0 Å². The molecule has 20 heavy (non-hydrogen) atoms. The Hall–Kier alpha value is -1.95. The van der Waals surface area contributed by atoms with E-state index in [-0.39, 0.29) is 0 Å². The number of thiophene rings is 1. The molecule has 0 radical (unpaired) electrons. The first-order valence-corrected chi connectivity index (χ1v) is 7.67. The van der Waals surface area contributed by atoms with Crippen molar-refractivity contribution in [1.29, 1.82) is 0 Å². The normalized spacial score (nSPS) is 11.1. The van der Waals surface area contributed by atoms with Gasteiger partial charge in [0.2, 0.25) is 0 Å². The molecule has 5 nitrogen and oxygen atoms in total. The molecule has 104 valence electrons. The Bertz CT molecular complexity index is 715. The van der Waals surface area contributed by atoms with Gasteiger partial charge in [-0.05, 0) is 18.4 Å². The predicted molar refractivity (Wildman–Crippen MR) is 82.3 cm³/mol. The van der Waals surface area contributed by atoms with Crippen LogP contribution in [-0.2, 0) is 13.0 Å². The van der Waals surface area contributed by atoms with E-state index in [0.717, 1.165) is 40.6 Å². The standard InChI is InChI=1S/C14H17N5S/c1-3-12-16-6-7-19(12)9-11-17-13(15-4-2)10-5-8-20-14(10)18-11/h5-8H,3-4,9H2,1-2H3,(H,15,17,18). The first kappa shape index (κ1) is 13.1. The van der Waals surface area contributed by atoms with E-state index in [1.807, 2.05) is 12.4 Å². The Labute approximate surface area is 121 Å². The Morgan fingerprint density at radius 1 is 1.30 bits per heavy atom. The predicted octanol–water partition coefficient (Wildman–Crippen LogP) is 2.93. The fourth-order valence-electron chi connectivity index (χ4n) is 2.22. The van der Waals surface area contributed by atoms with Gasteiger partial charge in [0, 0.05) is 25.4 Å². The molecule has 1 N–H and O–H groups in total. The van der Waals surface area contributed by atoms with Crippen LogP contribution in [0.4, 0.5) is 5.82 Å². The second kappa shape index (κ2) is 5.58. The summed E-state index contributed by atoms with van der Waals surface area (Å²) in [6.45, 7) is 5.69. The van der Waals surface area contributed by atoms with E-state index in [4.69, 9.17) is 0 Å². The van der Waals surface area contributed by atoms with Crippen LogP contribution < -0.4 is 5.32 Å². The van der Waals surface area contributed by atoms with Gasteiger partial charge in [-0.1, -0.05) is 6.92 Å². The maximum absolute atomic E-state index is 4.65. The second-order valence-electron chi connectivity index (χ2n) is 4.48. The lowest BCUT2D eigenvalue weighted by atomic mass is 10.3. The number of hydrogen-bond donors (Lipinski definition) is 1. The molecule has 0 spiro atoms. The number of imidazole rings is 1. The SMILES string of the molecule is CCNc1nc(Cn2ccnc2CC)nc2sccc12. The quantitative estimate of drug-likeness (QED) is 0.784. The van der Waals surface area contributed by atoms with Gasteiger partial charge in [-0.2, -0.15) is 0 Å². The number of aromatic nitrogens is 4. The molecule has 0 aliphatic rings.